The predicted octanol–water partition coefficient (Wildman–Crippen LogP) is 2.65. The predicted molar refractivity (Wildman–Crippen MR) is 101 cm³/mol. The lowest BCUT2D eigenvalue weighted by Crippen LogP contribution is -2.33. The number of hydrogen-bond donors (Lipinski definition) is 2. The van der Waals surface area contributed by atoms with Crippen molar-refractivity contribution in [2.45, 2.75) is 0 Å². The monoisotopic (exact) mass is 388 g/mol. The number of nitrogens with zero attached hydrogens (tertiary/aromatic N) is 4. The second-order valence-corrected chi connectivity index (χ2v) is 5.93. The van der Waals surface area contributed by atoms with Crippen molar-refractivity contribution >= 4 is 46.9 Å². The van der Waals surface area contributed by atoms with E-state index in [1.807, 2.05) is 18.2 Å². The number of hydrogen-bond acceptors (Lipinski definition) is 6. The van der Waals surface area contributed by atoms with Crippen LogP contribution < -0.4 is 10.6 Å². The van der Waals surface area contributed by atoms with Crippen molar-refractivity contribution in [3.63, 3.8) is 0 Å². The molecule has 1 aromatic carbocycles. The van der Waals surface area contributed by atoms with Gasteiger partial charge in [0.25, 0.3) is 5.95 Å². The van der Waals surface area contributed by atoms with Crippen LogP contribution >= 0.6 is 23.8 Å². The Labute approximate surface area is 158 Å². The molecule has 2 aromatic heterocycles. The van der Waals surface area contributed by atoms with Gasteiger partial charge in [0.1, 0.15) is 11.5 Å². The van der Waals surface area contributed by atoms with E-state index >= 15 is 0 Å². The van der Waals surface area contributed by atoms with E-state index in [1.165, 1.54) is 16.9 Å². The summed E-state index contributed by atoms with van der Waals surface area (Å²) in [5, 5.41) is 17.1. The minimum absolute atomic E-state index is 0.0638. The highest BCUT2D eigenvalue weighted by Gasteiger charge is 2.06. The van der Waals surface area contributed by atoms with Gasteiger partial charge in [0.05, 0.1) is 7.05 Å². The molecular weight excluding hydrogens is 376 g/mol. The van der Waals surface area contributed by atoms with Gasteiger partial charge in [-0.05, 0) is 59.9 Å². The molecule has 0 fully saturated rings. The zero-order chi connectivity index (χ0) is 18.5. The quantitative estimate of drug-likeness (QED) is 0.523. The van der Waals surface area contributed by atoms with E-state index in [2.05, 4.69) is 26.0 Å². The van der Waals surface area contributed by atoms with Gasteiger partial charge in [-0.1, -0.05) is 16.7 Å². The van der Waals surface area contributed by atoms with Crippen LogP contribution in [-0.4, -0.2) is 31.2 Å². The molecule has 0 bridgehead atoms. The van der Waals surface area contributed by atoms with Crippen LogP contribution in [0, 0.1) is 0 Å². The first-order chi connectivity index (χ1) is 12.5. The molecule has 26 heavy (non-hydrogen) atoms. The maximum atomic E-state index is 11.9. The Morgan fingerprint density at radius 1 is 1.27 bits per heavy atom. The van der Waals surface area contributed by atoms with Crippen LogP contribution in [0.2, 0.25) is 5.02 Å². The molecule has 1 amide bonds. The number of aromatic nitrogens is 4. The summed E-state index contributed by atoms with van der Waals surface area (Å²) in [6.45, 7) is 0. The second-order valence-electron chi connectivity index (χ2n) is 5.09. The first-order valence-electron chi connectivity index (χ1n) is 7.39. The van der Waals surface area contributed by atoms with Crippen LogP contribution in [0.1, 0.15) is 5.76 Å². The molecule has 3 aromatic rings. The molecule has 0 aliphatic heterocycles. The minimum atomic E-state index is -0.421. The molecule has 8 nitrogen and oxygen atoms in total. The lowest BCUT2D eigenvalue weighted by atomic mass is 10.2. The number of carbonyl (C=O) groups is 1. The third-order valence-corrected chi connectivity index (χ3v) is 3.58. The fourth-order valence-electron chi connectivity index (χ4n) is 1.99. The van der Waals surface area contributed by atoms with Crippen molar-refractivity contribution in [3.8, 4) is 11.3 Å². The van der Waals surface area contributed by atoms with Gasteiger partial charge in [-0.2, -0.15) is 4.80 Å². The van der Waals surface area contributed by atoms with E-state index < -0.39 is 5.91 Å². The SMILES string of the molecule is Cn1nnc(NC(=S)NC(=O)C=Cc2ccc(-c3ccc(Cl)cc3)o2)n1. The number of furan rings is 1. The van der Waals surface area contributed by atoms with Crippen molar-refractivity contribution in [3.05, 3.63) is 53.3 Å². The number of thiocarbonyl (C=S) groups is 1. The van der Waals surface area contributed by atoms with Crippen molar-refractivity contribution in [1.29, 1.82) is 0 Å². The number of aryl methyl sites for hydroxylation is 1. The fraction of sp³-hybridized carbons (Fsp3) is 0.0625. The van der Waals surface area contributed by atoms with Gasteiger partial charge in [0.2, 0.25) is 5.91 Å². The largest absolute Gasteiger partial charge is 0.457 e. The Morgan fingerprint density at radius 2 is 2.04 bits per heavy atom. The van der Waals surface area contributed by atoms with E-state index in [1.54, 1.807) is 25.2 Å². The van der Waals surface area contributed by atoms with Crippen LogP contribution in [0.3, 0.4) is 0 Å². The molecule has 0 atom stereocenters. The van der Waals surface area contributed by atoms with Gasteiger partial charge >= 0.3 is 0 Å². The fourth-order valence-corrected chi connectivity index (χ4v) is 2.31. The molecule has 0 unspecified atom stereocenters. The van der Waals surface area contributed by atoms with E-state index in [4.69, 9.17) is 28.2 Å². The van der Waals surface area contributed by atoms with Gasteiger partial charge in [-0.25, -0.2) is 0 Å². The molecule has 2 heterocycles. The summed E-state index contributed by atoms with van der Waals surface area (Å²) in [5.74, 6) is 0.975. The summed E-state index contributed by atoms with van der Waals surface area (Å²) in [7, 11) is 1.62. The summed E-state index contributed by atoms with van der Waals surface area (Å²) in [4.78, 5) is 13.2. The van der Waals surface area contributed by atoms with Crippen LogP contribution in [0.15, 0.2) is 46.9 Å². The summed E-state index contributed by atoms with van der Waals surface area (Å²) in [6.07, 6.45) is 2.85. The molecule has 0 saturated heterocycles. The summed E-state index contributed by atoms with van der Waals surface area (Å²) in [5.41, 5.74) is 0.889. The number of tetrazole rings is 1. The van der Waals surface area contributed by atoms with Gasteiger partial charge < -0.3 is 4.42 Å². The molecule has 0 aliphatic carbocycles. The Bertz CT molecular complexity index is 963. The van der Waals surface area contributed by atoms with E-state index in [9.17, 15) is 4.79 Å². The standard InChI is InChI=1S/C16H13ClN6O2S/c1-23-21-15(20-22-23)19-16(26)18-14(24)9-7-12-6-8-13(25-12)10-2-4-11(17)5-3-10/h2-9H,1H3,(H2,18,19,21,24,26). The minimum Gasteiger partial charge on any atom is -0.457 e. The zero-order valence-electron chi connectivity index (χ0n) is 13.5. The molecule has 0 saturated carbocycles. The molecule has 0 aliphatic rings. The number of amides is 1. The number of benzene rings is 1. The summed E-state index contributed by atoms with van der Waals surface area (Å²) < 4.78 is 5.67. The topological polar surface area (TPSA) is 97.9 Å². The lowest BCUT2D eigenvalue weighted by Gasteiger charge is -2.03. The zero-order valence-corrected chi connectivity index (χ0v) is 15.1. The number of carbonyl (C=O) groups excluding carboxylic acids is 1. The van der Waals surface area contributed by atoms with Crippen molar-refractivity contribution in [2.75, 3.05) is 5.32 Å². The Morgan fingerprint density at radius 3 is 2.73 bits per heavy atom. The van der Waals surface area contributed by atoms with Gasteiger partial charge in [0, 0.05) is 16.7 Å². The average molecular weight is 389 g/mol. The number of halogens is 1. The molecule has 0 spiro atoms. The molecule has 10 heteroatoms. The average Bonchev–Trinajstić information content (AvgIpc) is 3.23. The highest BCUT2D eigenvalue weighted by molar-refractivity contribution is 7.80. The number of anilines is 1. The highest BCUT2D eigenvalue weighted by atomic mass is 35.5. The maximum absolute atomic E-state index is 11.9. The van der Waals surface area contributed by atoms with Crippen LogP contribution in [-0.2, 0) is 11.8 Å². The van der Waals surface area contributed by atoms with Crippen molar-refractivity contribution in [1.82, 2.24) is 25.5 Å². The van der Waals surface area contributed by atoms with Crippen LogP contribution in [0.25, 0.3) is 17.4 Å². The third-order valence-electron chi connectivity index (χ3n) is 3.12. The highest BCUT2D eigenvalue weighted by Crippen LogP contribution is 2.24. The first-order valence-corrected chi connectivity index (χ1v) is 8.18. The molecule has 0 radical (unpaired) electrons. The molecule has 2 N–H and O–H groups in total. The Hall–Kier alpha value is -3.04. The Balaban J connectivity index is 1.56. The molecule has 132 valence electrons. The van der Waals surface area contributed by atoms with E-state index in [0.717, 1.165) is 5.56 Å². The third kappa shape index (κ3) is 4.74. The van der Waals surface area contributed by atoms with Crippen molar-refractivity contribution < 1.29 is 9.21 Å². The van der Waals surface area contributed by atoms with Gasteiger partial charge in [0.15, 0.2) is 5.11 Å². The van der Waals surface area contributed by atoms with Crippen LogP contribution in [0.4, 0.5) is 5.95 Å². The van der Waals surface area contributed by atoms with Crippen molar-refractivity contribution in [2.24, 2.45) is 7.05 Å². The van der Waals surface area contributed by atoms with E-state index in [0.29, 0.717) is 16.5 Å². The van der Waals surface area contributed by atoms with E-state index in [-0.39, 0.29) is 11.1 Å². The number of rotatable bonds is 4. The second kappa shape index (κ2) is 7.89. The maximum Gasteiger partial charge on any atom is 0.269 e. The summed E-state index contributed by atoms with van der Waals surface area (Å²) in [6, 6.07) is 10.8. The lowest BCUT2D eigenvalue weighted by molar-refractivity contribution is -0.115. The smallest absolute Gasteiger partial charge is 0.269 e. The first kappa shape index (κ1) is 17.8. The van der Waals surface area contributed by atoms with Crippen LogP contribution in [0.5, 0.6) is 0 Å². The Kier molecular flexibility index (Phi) is 5.40. The van der Waals surface area contributed by atoms with Gasteiger partial charge in [-0.15, -0.1) is 5.10 Å². The summed E-state index contributed by atoms with van der Waals surface area (Å²) >= 11 is 10.9. The molecular formula is C16H13ClN6O2S. The molecule has 3 rings (SSSR count). The number of nitrogens with one attached hydrogen (secondary N) is 2. The normalized spacial score (nSPS) is 10.8. The van der Waals surface area contributed by atoms with Gasteiger partial charge in [-0.3, -0.25) is 15.4 Å².